The van der Waals surface area contributed by atoms with E-state index >= 15 is 0 Å². The predicted molar refractivity (Wildman–Crippen MR) is 90.6 cm³/mol. The van der Waals surface area contributed by atoms with E-state index in [9.17, 15) is 4.79 Å². The van der Waals surface area contributed by atoms with Gasteiger partial charge in [0.15, 0.2) is 0 Å². The van der Waals surface area contributed by atoms with E-state index in [1.165, 1.54) is 5.56 Å². The summed E-state index contributed by atoms with van der Waals surface area (Å²) >= 11 is 6.09. The number of benzene rings is 1. The Morgan fingerprint density at radius 3 is 3.13 bits per heavy atom. The van der Waals surface area contributed by atoms with Crippen LogP contribution in [0.1, 0.15) is 35.7 Å². The molecule has 23 heavy (non-hydrogen) atoms. The second kappa shape index (κ2) is 7.04. The Bertz CT molecular complexity index is 698. The number of aryl methyl sites for hydroxylation is 2. The lowest BCUT2D eigenvalue weighted by Crippen LogP contribution is -2.39. The maximum atomic E-state index is 12.1. The predicted octanol–water partition coefficient (Wildman–Crippen LogP) is 2.99. The van der Waals surface area contributed by atoms with Crippen LogP contribution in [0.15, 0.2) is 30.7 Å². The number of hydrogen-bond donors (Lipinski definition) is 2. The summed E-state index contributed by atoms with van der Waals surface area (Å²) in [4.78, 5) is 16.4. The first-order chi connectivity index (χ1) is 11.1. The number of nitrogens with one attached hydrogen (secondary N) is 2. The van der Waals surface area contributed by atoms with E-state index in [4.69, 9.17) is 11.6 Å². The molecular weight excluding hydrogens is 312 g/mol. The smallest absolute Gasteiger partial charge is 0.315 e. The largest absolute Gasteiger partial charge is 0.340 e. The van der Waals surface area contributed by atoms with E-state index in [-0.39, 0.29) is 12.1 Å². The lowest BCUT2D eigenvalue weighted by molar-refractivity contribution is 0.235. The lowest BCUT2D eigenvalue weighted by atomic mass is 9.88. The van der Waals surface area contributed by atoms with Crippen LogP contribution in [0.5, 0.6) is 0 Å². The molecule has 1 aliphatic rings. The van der Waals surface area contributed by atoms with Crippen molar-refractivity contribution in [3.8, 4) is 0 Å². The molecule has 3 rings (SSSR count). The zero-order chi connectivity index (χ0) is 16.2. The second-order valence-electron chi connectivity index (χ2n) is 5.97. The highest BCUT2D eigenvalue weighted by Gasteiger charge is 2.21. The number of carbonyl (C=O) groups is 1. The average molecular weight is 333 g/mol. The number of fused-ring (bicyclic) bond motifs is 1. The second-order valence-corrected chi connectivity index (χ2v) is 6.41. The lowest BCUT2D eigenvalue weighted by Gasteiger charge is -2.26. The minimum absolute atomic E-state index is 0.0345. The van der Waals surface area contributed by atoms with E-state index in [0.717, 1.165) is 36.9 Å². The molecule has 0 aliphatic heterocycles. The fourth-order valence-electron chi connectivity index (χ4n) is 3.03. The summed E-state index contributed by atoms with van der Waals surface area (Å²) in [6, 6.07) is 5.83. The van der Waals surface area contributed by atoms with Crippen LogP contribution in [0, 0.1) is 0 Å². The van der Waals surface area contributed by atoms with Crippen LogP contribution >= 0.6 is 11.6 Å². The van der Waals surface area contributed by atoms with Gasteiger partial charge >= 0.3 is 6.03 Å². The third-order valence-electron chi connectivity index (χ3n) is 4.15. The number of halogens is 1. The summed E-state index contributed by atoms with van der Waals surface area (Å²) in [5.74, 6) is 0. The zero-order valence-electron chi connectivity index (χ0n) is 13.2. The van der Waals surface area contributed by atoms with Crippen molar-refractivity contribution < 1.29 is 4.79 Å². The Morgan fingerprint density at radius 1 is 1.48 bits per heavy atom. The van der Waals surface area contributed by atoms with Crippen molar-refractivity contribution in [2.24, 2.45) is 7.05 Å². The Hall–Kier alpha value is -2.01. The number of rotatable bonds is 4. The van der Waals surface area contributed by atoms with Crippen LogP contribution in [-0.2, 0) is 19.9 Å². The van der Waals surface area contributed by atoms with Gasteiger partial charge in [0.25, 0.3) is 0 Å². The molecule has 0 fully saturated rings. The first kappa shape index (κ1) is 15.9. The summed E-state index contributed by atoms with van der Waals surface area (Å²) in [6.45, 7) is 0.567. The Balaban J connectivity index is 1.53. The third-order valence-corrected chi connectivity index (χ3v) is 4.39. The molecule has 1 heterocycles. The van der Waals surface area contributed by atoms with Gasteiger partial charge in [-0.3, -0.25) is 0 Å². The fourth-order valence-corrected chi connectivity index (χ4v) is 3.21. The molecule has 2 amide bonds. The minimum atomic E-state index is -0.140. The molecule has 6 heteroatoms. The van der Waals surface area contributed by atoms with Gasteiger partial charge in [0.05, 0.1) is 18.1 Å². The average Bonchev–Trinajstić information content (AvgIpc) is 2.93. The molecule has 1 aromatic heterocycles. The number of carbonyl (C=O) groups excluding carboxylic acids is 1. The van der Waals surface area contributed by atoms with E-state index in [1.54, 1.807) is 6.33 Å². The van der Waals surface area contributed by atoms with Crippen molar-refractivity contribution in [2.75, 3.05) is 6.54 Å². The zero-order valence-corrected chi connectivity index (χ0v) is 13.9. The van der Waals surface area contributed by atoms with Gasteiger partial charge in [-0.05, 0) is 42.5 Å². The van der Waals surface area contributed by atoms with Crippen molar-refractivity contribution in [1.29, 1.82) is 0 Å². The number of amides is 2. The maximum Gasteiger partial charge on any atom is 0.315 e. The van der Waals surface area contributed by atoms with Crippen molar-refractivity contribution in [2.45, 2.75) is 31.7 Å². The normalized spacial score (nSPS) is 16.7. The highest BCUT2D eigenvalue weighted by molar-refractivity contribution is 6.30. The monoisotopic (exact) mass is 332 g/mol. The van der Waals surface area contributed by atoms with Crippen LogP contribution in [0.4, 0.5) is 4.79 Å². The summed E-state index contributed by atoms with van der Waals surface area (Å²) < 4.78 is 1.90. The van der Waals surface area contributed by atoms with E-state index in [2.05, 4.69) is 21.7 Å². The van der Waals surface area contributed by atoms with Gasteiger partial charge in [0.1, 0.15) is 0 Å². The molecule has 1 aliphatic carbocycles. The van der Waals surface area contributed by atoms with Gasteiger partial charge in [-0.15, -0.1) is 0 Å². The number of aromatic nitrogens is 2. The van der Waals surface area contributed by atoms with Gasteiger partial charge < -0.3 is 15.2 Å². The van der Waals surface area contributed by atoms with Crippen molar-refractivity contribution >= 4 is 17.6 Å². The highest BCUT2D eigenvalue weighted by Crippen LogP contribution is 2.31. The van der Waals surface area contributed by atoms with Crippen LogP contribution in [-0.4, -0.2) is 22.1 Å². The summed E-state index contributed by atoms with van der Waals surface area (Å²) in [6.07, 6.45) is 7.51. The quantitative estimate of drug-likeness (QED) is 0.904. The van der Waals surface area contributed by atoms with Gasteiger partial charge in [0.2, 0.25) is 0 Å². The first-order valence-electron chi connectivity index (χ1n) is 7.91. The summed E-state index contributed by atoms with van der Waals surface area (Å²) in [5, 5.41) is 6.68. The van der Waals surface area contributed by atoms with Gasteiger partial charge in [-0.2, -0.15) is 0 Å². The molecule has 0 saturated carbocycles. The fraction of sp³-hybridized carbons (Fsp3) is 0.412. The molecule has 0 radical (unpaired) electrons. The number of nitrogens with zero attached hydrogens (tertiary/aromatic N) is 2. The van der Waals surface area contributed by atoms with Crippen LogP contribution in [0.2, 0.25) is 5.02 Å². The Kier molecular flexibility index (Phi) is 4.86. The van der Waals surface area contributed by atoms with Gasteiger partial charge in [-0.1, -0.05) is 17.7 Å². The van der Waals surface area contributed by atoms with E-state index in [0.29, 0.717) is 11.6 Å². The van der Waals surface area contributed by atoms with E-state index in [1.807, 2.05) is 29.9 Å². The molecule has 5 nitrogen and oxygen atoms in total. The maximum absolute atomic E-state index is 12.1. The Labute approximate surface area is 141 Å². The number of hydrogen-bond acceptors (Lipinski definition) is 2. The van der Waals surface area contributed by atoms with Crippen LogP contribution in [0.3, 0.4) is 0 Å². The molecule has 2 N–H and O–H groups in total. The molecule has 0 saturated heterocycles. The van der Waals surface area contributed by atoms with Gasteiger partial charge in [0, 0.05) is 31.2 Å². The molecule has 1 atom stereocenters. The minimum Gasteiger partial charge on any atom is -0.340 e. The molecule has 122 valence electrons. The molecular formula is C17H21ClN4O. The topological polar surface area (TPSA) is 59.0 Å². The van der Waals surface area contributed by atoms with Crippen LogP contribution < -0.4 is 10.6 Å². The van der Waals surface area contributed by atoms with E-state index < -0.39 is 0 Å². The highest BCUT2D eigenvalue weighted by atomic mass is 35.5. The van der Waals surface area contributed by atoms with Crippen LogP contribution in [0.25, 0.3) is 0 Å². The van der Waals surface area contributed by atoms with Crippen molar-refractivity contribution in [1.82, 2.24) is 20.2 Å². The Morgan fingerprint density at radius 2 is 2.35 bits per heavy atom. The molecule has 1 aromatic carbocycles. The van der Waals surface area contributed by atoms with Gasteiger partial charge in [-0.25, -0.2) is 9.78 Å². The SMILES string of the molecule is Cn1cnc(CCNC(=O)N[C@@H]2CCCc3ccc(Cl)cc32)c1. The molecule has 0 bridgehead atoms. The molecule has 0 unspecified atom stereocenters. The standard InChI is InChI=1S/C17H21ClN4O/c1-22-10-14(20-11-22)7-8-19-17(23)21-16-4-2-3-12-5-6-13(18)9-15(12)16/h5-6,9-11,16H,2-4,7-8H2,1H3,(H2,19,21,23)/t16-/m1/s1. The summed E-state index contributed by atoms with van der Waals surface area (Å²) in [5.41, 5.74) is 3.39. The summed E-state index contributed by atoms with van der Waals surface area (Å²) in [7, 11) is 1.93. The van der Waals surface area contributed by atoms with Crippen molar-refractivity contribution in [3.05, 3.63) is 52.6 Å². The third kappa shape index (κ3) is 4.05. The number of urea groups is 1. The number of imidazole rings is 1. The molecule has 0 spiro atoms. The first-order valence-corrected chi connectivity index (χ1v) is 8.29. The van der Waals surface area contributed by atoms with Crippen molar-refractivity contribution in [3.63, 3.8) is 0 Å². The molecule has 2 aromatic rings.